The molecule has 0 spiro atoms. The summed E-state index contributed by atoms with van der Waals surface area (Å²) in [6, 6.07) is 63.5. The Morgan fingerprint density at radius 1 is 0.250 bits per heavy atom. The van der Waals surface area contributed by atoms with E-state index >= 15 is 0 Å². The molecule has 10 aromatic carbocycles. The molecule has 14 rings (SSSR count). The first-order chi connectivity index (χ1) is 27.7. The van der Waals surface area contributed by atoms with Crippen molar-refractivity contribution >= 4 is 43.1 Å². The predicted molar refractivity (Wildman–Crippen MR) is 236 cm³/mol. The van der Waals surface area contributed by atoms with Crippen molar-refractivity contribution in [2.45, 2.75) is 25.7 Å². The molecule has 4 aliphatic carbocycles. The Hall–Kier alpha value is -6.76. The second kappa shape index (κ2) is 11.4. The monoisotopic (exact) mass is 708 g/mol. The van der Waals surface area contributed by atoms with Gasteiger partial charge in [-0.25, -0.2) is 0 Å². The van der Waals surface area contributed by atoms with Gasteiger partial charge in [0.25, 0.3) is 0 Å². The summed E-state index contributed by atoms with van der Waals surface area (Å²) in [6.45, 7) is 0. The summed E-state index contributed by atoms with van der Waals surface area (Å²) < 4.78 is 0. The van der Waals surface area contributed by atoms with Gasteiger partial charge < -0.3 is 0 Å². The van der Waals surface area contributed by atoms with E-state index in [0.29, 0.717) is 0 Å². The highest BCUT2D eigenvalue weighted by atomic mass is 14.3. The second-order valence-corrected chi connectivity index (χ2v) is 16.3. The number of fused-ring (bicyclic) bond motifs is 15. The van der Waals surface area contributed by atoms with Gasteiger partial charge in [0.2, 0.25) is 0 Å². The second-order valence-electron chi connectivity index (χ2n) is 16.3. The first-order valence-corrected chi connectivity index (χ1v) is 20.1. The Balaban J connectivity index is 0.000000118. The molecule has 0 saturated heterocycles. The molecule has 56 heavy (non-hydrogen) atoms. The highest BCUT2D eigenvalue weighted by Crippen LogP contribution is 2.50. The molecule has 0 aromatic heterocycles. The number of hydrogen-bond acceptors (Lipinski definition) is 0. The van der Waals surface area contributed by atoms with E-state index < -0.39 is 0 Å². The third kappa shape index (κ3) is 4.25. The molecule has 10 aromatic rings. The van der Waals surface area contributed by atoms with E-state index in [9.17, 15) is 0 Å². The maximum atomic E-state index is 2.49. The van der Waals surface area contributed by atoms with Crippen LogP contribution in [0.25, 0.3) is 87.6 Å². The summed E-state index contributed by atoms with van der Waals surface area (Å²) in [6.07, 6.45) is 4.17. The first kappa shape index (κ1) is 30.6. The van der Waals surface area contributed by atoms with Crippen molar-refractivity contribution in [3.63, 3.8) is 0 Å². The molecule has 0 aliphatic heterocycles. The molecule has 0 bridgehead atoms. The Kier molecular flexibility index (Phi) is 6.21. The molecule has 0 nitrogen and oxygen atoms in total. The van der Waals surface area contributed by atoms with E-state index in [1.54, 1.807) is 0 Å². The Labute approximate surface area is 326 Å². The molecule has 0 N–H and O–H groups in total. The Morgan fingerprint density at radius 2 is 0.696 bits per heavy atom. The van der Waals surface area contributed by atoms with Gasteiger partial charge in [-0.2, -0.15) is 0 Å². The van der Waals surface area contributed by atoms with Crippen LogP contribution in [0.15, 0.2) is 170 Å². The Bertz CT molecular complexity index is 3260. The standard InChI is InChI=1S/2C28H18/c1-3-10-21-18(7-1)15-25-23(21)12-13-24-26(25)16-20-9-5-8-19-14-17-6-2-4-11-22(17)28(24)27(19)20;1-3-10-23-17(6-1)13-21-16-26-22(15-25(21)23)14-20-9-5-8-19-12-18-7-2-4-11-24(18)28(26)27(19)20/h1-14H,15-16H2;1-12,15-16H,13-14H2. The predicted octanol–water partition coefficient (Wildman–Crippen LogP) is 14.3. The lowest BCUT2D eigenvalue weighted by molar-refractivity contribution is 1.13. The average molecular weight is 709 g/mol. The van der Waals surface area contributed by atoms with Crippen LogP contribution in [0.5, 0.6) is 0 Å². The van der Waals surface area contributed by atoms with Gasteiger partial charge in [-0.05, 0) is 182 Å². The van der Waals surface area contributed by atoms with Gasteiger partial charge in [-0.1, -0.05) is 146 Å². The molecular formula is C56H36. The fourth-order valence-electron chi connectivity index (χ4n) is 11.0. The van der Waals surface area contributed by atoms with Crippen LogP contribution in [0, 0.1) is 0 Å². The largest absolute Gasteiger partial charge is 0.0619 e. The third-order valence-corrected chi connectivity index (χ3v) is 13.4. The zero-order valence-electron chi connectivity index (χ0n) is 31.0. The molecular weight excluding hydrogens is 673 g/mol. The van der Waals surface area contributed by atoms with Crippen LogP contribution >= 0.6 is 0 Å². The summed E-state index contributed by atoms with van der Waals surface area (Å²) in [7, 11) is 0. The van der Waals surface area contributed by atoms with Crippen LogP contribution < -0.4 is 0 Å². The normalized spacial score (nSPS) is 13.4. The molecule has 0 saturated carbocycles. The smallest absolute Gasteiger partial charge is 0.00101 e. The molecule has 0 heteroatoms. The van der Waals surface area contributed by atoms with Gasteiger partial charge in [-0.3, -0.25) is 0 Å². The van der Waals surface area contributed by atoms with E-state index in [1.165, 1.54) is 132 Å². The van der Waals surface area contributed by atoms with Crippen LogP contribution in [0.4, 0.5) is 0 Å². The molecule has 4 aliphatic rings. The fourth-order valence-corrected chi connectivity index (χ4v) is 11.0. The minimum atomic E-state index is 1.02. The maximum Gasteiger partial charge on any atom is -0.00101 e. The van der Waals surface area contributed by atoms with Crippen LogP contribution in [0.1, 0.15) is 44.5 Å². The topological polar surface area (TPSA) is 0 Å². The highest BCUT2D eigenvalue weighted by molar-refractivity contribution is 6.17. The van der Waals surface area contributed by atoms with Crippen LogP contribution in [-0.2, 0) is 25.7 Å². The lowest BCUT2D eigenvalue weighted by Gasteiger charge is -2.25. The van der Waals surface area contributed by atoms with Crippen molar-refractivity contribution in [3.05, 3.63) is 214 Å². The SMILES string of the molecule is c1ccc2c(c1)Cc1c-2ccc2c1Cc1cccc3cc4ccccc4c-2c13.c1ccc2c(c1)Cc1cc3c(cc1-2)Cc1cccc2cc4ccccc4c-3c12. The van der Waals surface area contributed by atoms with Crippen LogP contribution in [0.3, 0.4) is 0 Å². The molecule has 0 radical (unpaired) electrons. The fraction of sp³-hybridized carbons (Fsp3) is 0.0714. The van der Waals surface area contributed by atoms with Crippen LogP contribution in [0.2, 0.25) is 0 Å². The lowest BCUT2D eigenvalue weighted by atomic mass is 9.78. The third-order valence-electron chi connectivity index (χ3n) is 13.4. The van der Waals surface area contributed by atoms with Crippen molar-refractivity contribution in [2.24, 2.45) is 0 Å². The molecule has 260 valence electrons. The Morgan fingerprint density at radius 3 is 1.41 bits per heavy atom. The van der Waals surface area contributed by atoms with Gasteiger partial charge in [0.15, 0.2) is 0 Å². The minimum Gasteiger partial charge on any atom is -0.0619 e. The van der Waals surface area contributed by atoms with Gasteiger partial charge in [-0.15, -0.1) is 0 Å². The van der Waals surface area contributed by atoms with Crippen molar-refractivity contribution in [2.75, 3.05) is 0 Å². The number of benzene rings is 10. The van der Waals surface area contributed by atoms with Gasteiger partial charge >= 0.3 is 0 Å². The average Bonchev–Trinajstić information content (AvgIpc) is 3.81. The maximum absolute atomic E-state index is 2.49. The van der Waals surface area contributed by atoms with Crippen molar-refractivity contribution in [1.29, 1.82) is 0 Å². The zero-order chi connectivity index (χ0) is 36.5. The van der Waals surface area contributed by atoms with Gasteiger partial charge in [0.1, 0.15) is 0 Å². The zero-order valence-corrected chi connectivity index (χ0v) is 31.0. The number of rotatable bonds is 0. The van der Waals surface area contributed by atoms with Gasteiger partial charge in [0, 0.05) is 0 Å². The van der Waals surface area contributed by atoms with E-state index in [0.717, 1.165) is 25.7 Å². The van der Waals surface area contributed by atoms with E-state index in [-0.39, 0.29) is 0 Å². The first-order valence-electron chi connectivity index (χ1n) is 20.1. The summed E-state index contributed by atoms with van der Waals surface area (Å²) >= 11 is 0. The van der Waals surface area contributed by atoms with E-state index in [4.69, 9.17) is 0 Å². The molecule has 0 fully saturated rings. The van der Waals surface area contributed by atoms with E-state index in [1.807, 2.05) is 0 Å². The quantitative estimate of drug-likeness (QED) is 0.138. The molecule has 0 unspecified atom stereocenters. The summed E-state index contributed by atoms with van der Waals surface area (Å²) in [5.41, 5.74) is 23.3. The summed E-state index contributed by atoms with van der Waals surface area (Å²) in [4.78, 5) is 0. The van der Waals surface area contributed by atoms with Crippen LogP contribution in [-0.4, -0.2) is 0 Å². The molecule has 0 heterocycles. The summed E-state index contributed by atoms with van der Waals surface area (Å²) in [5, 5.41) is 11.0. The molecule has 0 amide bonds. The highest BCUT2D eigenvalue weighted by Gasteiger charge is 2.29. The van der Waals surface area contributed by atoms with Crippen molar-refractivity contribution in [1.82, 2.24) is 0 Å². The minimum absolute atomic E-state index is 1.02. The van der Waals surface area contributed by atoms with E-state index in [2.05, 4.69) is 170 Å². The van der Waals surface area contributed by atoms with Crippen molar-refractivity contribution in [3.8, 4) is 44.5 Å². The number of hydrogen-bond donors (Lipinski definition) is 0. The molecule has 0 atom stereocenters. The lowest BCUT2D eigenvalue weighted by Crippen LogP contribution is -2.05. The summed E-state index contributed by atoms with van der Waals surface area (Å²) in [5.74, 6) is 0. The van der Waals surface area contributed by atoms with Crippen molar-refractivity contribution < 1.29 is 0 Å². The van der Waals surface area contributed by atoms with Gasteiger partial charge in [0.05, 0.1) is 0 Å².